The van der Waals surface area contributed by atoms with E-state index in [-0.39, 0.29) is 27.9 Å². The van der Waals surface area contributed by atoms with Crippen molar-refractivity contribution in [2.75, 3.05) is 23.9 Å². The molecular formula is C17H17Cl2N3O3S. The quantitative estimate of drug-likeness (QED) is 0.522. The topological polar surface area (TPSA) is 81.2 Å². The fourth-order valence-corrected chi connectivity index (χ4v) is 3.49. The average molecular weight is 414 g/mol. The number of ether oxygens (including phenoxy) is 1. The van der Waals surface area contributed by atoms with Crippen molar-refractivity contribution in [2.24, 2.45) is 0 Å². The second-order valence-electron chi connectivity index (χ2n) is 5.25. The van der Waals surface area contributed by atoms with Gasteiger partial charge in [0, 0.05) is 17.4 Å². The zero-order valence-electron chi connectivity index (χ0n) is 14.0. The van der Waals surface area contributed by atoms with E-state index >= 15 is 0 Å². The lowest BCUT2D eigenvalue weighted by molar-refractivity contribution is -0.113. The Bertz CT molecular complexity index is 775. The van der Waals surface area contributed by atoms with E-state index in [2.05, 4.69) is 15.3 Å². The van der Waals surface area contributed by atoms with Gasteiger partial charge in [0.25, 0.3) is 0 Å². The lowest BCUT2D eigenvalue weighted by Crippen LogP contribution is -2.17. The van der Waals surface area contributed by atoms with Crippen molar-refractivity contribution in [3.63, 3.8) is 0 Å². The smallest absolute Gasteiger partial charge is 0.341 e. The van der Waals surface area contributed by atoms with Gasteiger partial charge in [-0.15, -0.1) is 0 Å². The summed E-state index contributed by atoms with van der Waals surface area (Å²) < 4.78 is 4.70. The summed E-state index contributed by atoms with van der Waals surface area (Å²) in [5.74, 6) is 0.166. The van der Waals surface area contributed by atoms with Crippen molar-refractivity contribution in [1.82, 2.24) is 9.97 Å². The molecule has 0 aliphatic rings. The first-order valence-corrected chi connectivity index (χ1v) is 9.61. The molecule has 0 aliphatic carbocycles. The molecule has 2 aromatic rings. The number of halogens is 2. The lowest BCUT2D eigenvalue weighted by Gasteiger charge is -2.12. The molecule has 1 N–H and O–H groups in total. The second-order valence-corrected chi connectivity index (χ2v) is 7.20. The molecule has 2 rings (SSSR count). The number of benzene rings is 1. The summed E-state index contributed by atoms with van der Waals surface area (Å²) in [5.41, 5.74) is 1.39. The third-order valence-corrected chi connectivity index (χ3v) is 4.88. The van der Waals surface area contributed by atoms with Crippen molar-refractivity contribution in [2.45, 2.75) is 12.8 Å². The fraction of sp³-hybridized carbons (Fsp3) is 0.294. The first-order valence-electron chi connectivity index (χ1n) is 7.70. The highest BCUT2D eigenvalue weighted by molar-refractivity contribution is 7.99. The van der Waals surface area contributed by atoms with Gasteiger partial charge in [0.2, 0.25) is 5.91 Å². The van der Waals surface area contributed by atoms with Crippen molar-refractivity contribution >= 4 is 52.5 Å². The number of esters is 1. The number of anilines is 1. The Labute approximate surface area is 165 Å². The SMILES string of the molecule is COC(=O)c1c(Cl)cc(Cl)cc1NC(=O)CSCCCc1cncnc1. The van der Waals surface area contributed by atoms with E-state index in [4.69, 9.17) is 27.9 Å². The summed E-state index contributed by atoms with van der Waals surface area (Å²) in [4.78, 5) is 31.9. The van der Waals surface area contributed by atoms with Gasteiger partial charge < -0.3 is 10.1 Å². The van der Waals surface area contributed by atoms with E-state index in [0.717, 1.165) is 24.2 Å². The summed E-state index contributed by atoms with van der Waals surface area (Å²) in [6.07, 6.45) is 6.81. The predicted molar refractivity (Wildman–Crippen MR) is 104 cm³/mol. The number of thioether (sulfide) groups is 1. The summed E-state index contributed by atoms with van der Waals surface area (Å²) in [5, 5.41) is 3.10. The number of nitrogens with zero attached hydrogens (tertiary/aromatic N) is 2. The van der Waals surface area contributed by atoms with Crippen molar-refractivity contribution in [3.05, 3.63) is 52.0 Å². The molecule has 138 valence electrons. The number of aryl methyl sites for hydroxylation is 1. The van der Waals surface area contributed by atoms with Gasteiger partial charge in [-0.25, -0.2) is 14.8 Å². The largest absolute Gasteiger partial charge is 0.465 e. The number of hydrogen-bond donors (Lipinski definition) is 1. The van der Waals surface area contributed by atoms with E-state index in [1.807, 2.05) is 0 Å². The third-order valence-electron chi connectivity index (χ3n) is 3.32. The molecule has 1 heterocycles. The Balaban J connectivity index is 1.85. The van der Waals surface area contributed by atoms with Gasteiger partial charge in [0.1, 0.15) is 11.9 Å². The number of aromatic nitrogens is 2. The summed E-state index contributed by atoms with van der Waals surface area (Å²) >= 11 is 13.5. The van der Waals surface area contributed by atoms with E-state index in [9.17, 15) is 9.59 Å². The van der Waals surface area contributed by atoms with Gasteiger partial charge >= 0.3 is 5.97 Å². The number of amides is 1. The molecule has 1 aromatic heterocycles. The van der Waals surface area contributed by atoms with Gasteiger partial charge in [0.15, 0.2) is 0 Å². The number of hydrogen-bond acceptors (Lipinski definition) is 6. The zero-order chi connectivity index (χ0) is 18.9. The van der Waals surface area contributed by atoms with Crippen LogP contribution in [-0.4, -0.2) is 40.5 Å². The Hall–Kier alpha value is -1.83. The highest BCUT2D eigenvalue weighted by Crippen LogP contribution is 2.30. The Morgan fingerprint density at radius 3 is 2.65 bits per heavy atom. The van der Waals surface area contributed by atoms with E-state index in [1.54, 1.807) is 12.4 Å². The van der Waals surface area contributed by atoms with Gasteiger partial charge in [-0.1, -0.05) is 23.2 Å². The Morgan fingerprint density at radius 2 is 1.96 bits per heavy atom. The highest BCUT2D eigenvalue weighted by Gasteiger charge is 2.19. The molecule has 0 saturated heterocycles. The van der Waals surface area contributed by atoms with Crippen LogP contribution in [0.4, 0.5) is 5.69 Å². The molecule has 0 saturated carbocycles. The molecule has 0 fully saturated rings. The zero-order valence-corrected chi connectivity index (χ0v) is 16.3. The van der Waals surface area contributed by atoms with Gasteiger partial charge in [-0.3, -0.25) is 4.79 Å². The van der Waals surface area contributed by atoms with Crippen LogP contribution in [-0.2, 0) is 16.0 Å². The minimum atomic E-state index is -0.639. The maximum atomic E-state index is 12.1. The maximum absolute atomic E-state index is 12.1. The van der Waals surface area contributed by atoms with Gasteiger partial charge in [-0.2, -0.15) is 11.8 Å². The molecule has 26 heavy (non-hydrogen) atoms. The van der Waals surface area contributed by atoms with Crippen LogP contribution in [0.25, 0.3) is 0 Å². The molecule has 0 atom stereocenters. The van der Waals surface area contributed by atoms with Crippen LogP contribution in [0.5, 0.6) is 0 Å². The first-order chi connectivity index (χ1) is 12.5. The fourth-order valence-electron chi connectivity index (χ4n) is 2.17. The molecule has 9 heteroatoms. The summed E-state index contributed by atoms with van der Waals surface area (Å²) in [6, 6.07) is 2.89. The molecule has 0 unspecified atom stereocenters. The molecule has 1 aromatic carbocycles. The second kappa shape index (κ2) is 10.4. The number of rotatable bonds is 8. The summed E-state index contributed by atoms with van der Waals surface area (Å²) in [7, 11) is 1.24. The van der Waals surface area contributed by atoms with Crippen LogP contribution >= 0.6 is 35.0 Å². The van der Waals surface area contributed by atoms with Crippen LogP contribution in [0.3, 0.4) is 0 Å². The Morgan fingerprint density at radius 1 is 1.23 bits per heavy atom. The van der Waals surface area contributed by atoms with Crippen LogP contribution in [0.1, 0.15) is 22.3 Å². The Kier molecular flexibility index (Phi) is 8.15. The first kappa shape index (κ1) is 20.5. The van der Waals surface area contributed by atoms with Crippen LogP contribution in [0, 0.1) is 0 Å². The van der Waals surface area contributed by atoms with E-state index in [0.29, 0.717) is 5.02 Å². The van der Waals surface area contributed by atoms with Crippen LogP contribution in [0.2, 0.25) is 10.0 Å². The molecule has 6 nitrogen and oxygen atoms in total. The highest BCUT2D eigenvalue weighted by atomic mass is 35.5. The van der Waals surface area contributed by atoms with Crippen molar-refractivity contribution < 1.29 is 14.3 Å². The molecule has 0 aliphatic heterocycles. The minimum Gasteiger partial charge on any atom is -0.465 e. The summed E-state index contributed by atoms with van der Waals surface area (Å²) in [6.45, 7) is 0. The average Bonchev–Trinajstić information content (AvgIpc) is 2.61. The molecule has 0 bridgehead atoms. The number of methoxy groups -OCH3 is 1. The van der Waals surface area contributed by atoms with E-state index in [1.165, 1.54) is 37.3 Å². The maximum Gasteiger partial charge on any atom is 0.341 e. The van der Waals surface area contributed by atoms with E-state index < -0.39 is 5.97 Å². The molecular weight excluding hydrogens is 397 g/mol. The molecule has 0 radical (unpaired) electrons. The molecule has 0 spiro atoms. The molecule has 1 amide bonds. The van der Waals surface area contributed by atoms with Crippen LogP contribution < -0.4 is 5.32 Å². The lowest BCUT2D eigenvalue weighted by atomic mass is 10.1. The van der Waals surface area contributed by atoms with Gasteiger partial charge in [0.05, 0.1) is 23.6 Å². The van der Waals surface area contributed by atoms with Crippen molar-refractivity contribution in [1.29, 1.82) is 0 Å². The monoisotopic (exact) mass is 413 g/mol. The van der Waals surface area contributed by atoms with Crippen molar-refractivity contribution in [3.8, 4) is 0 Å². The number of carbonyl (C=O) groups is 2. The van der Waals surface area contributed by atoms with Gasteiger partial charge in [-0.05, 0) is 36.3 Å². The third kappa shape index (κ3) is 6.16. The normalized spacial score (nSPS) is 10.4. The predicted octanol–water partition coefficient (Wildman–Crippen LogP) is 3.87. The minimum absolute atomic E-state index is 0.0843. The standard InChI is InChI=1S/C17H17Cl2N3O3S/c1-25-17(24)16-13(19)5-12(18)6-14(16)22-15(23)9-26-4-2-3-11-7-20-10-21-8-11/h5-8,10H,2-4,9H2,1H3,(H,22,23). The van der Waals surface area contributed by atoms with Crippen LogP contribution in [0.15, 0.2) is 30.9 Å². The number of carbonyl (C=O) groups excluding carboxylic acids is 2. The number of nitrogens with one attached hydrogen (secondary N) is 1.